The second-order valence-corrected chi connectivity index (χ2v) is 8.89. The minimum Gasteiger partial charge on any atom is -0.423 e. The Kier molecular flexibility index (Phi) is 6.44. The van der Waals surface area contributed by atoms with Crippen molar-refractivity contribution in [2.24, 2.45) is 0 Å². The predicted octanol–water partition coefficient (Wildman–Crippen LogP) is 3.08. The van der Waals surface area contributed by atoms with Crippen molar-refractivity contribution in [3.05, 3.63) is 62.8 Å². The SMILES string of the molecule is Cc1ccc2c(CC(=O)N3CCc4c(c(C(=O)N(C)C)nn4CCC(F)(F)F)C3)cc(=O)oc2c1. The van der Waals surface area contributed by atoms with Gasteiger partial charge < -0.3 is 14.2 Å². The molecule has 186 valence electrons. The average molecular weight is 490 g/mol. The lowest BCUT2D eigenvalue weighted by molar-refractivity contribution is -0.137. The largest absolute Gasteiger partial charge is 0.423 e. The number of hydrogen-bond donors (Lipinski definition) is 0. The first kappa shape index (κ1) is 24.5. The fourth-order valence-corrected chi connectivity index (χ4v) is 4.26. The summed E-state index contributed by atoms with van der Waals surface area (Å²) in [5, 5.41) is 4.85. The molecule has 1 aromatic carbocycles. The van der Waals surface area contributed by atoms with Crippen molar-refractivity contribution >= 4 is 22.8 Å². The molecule has 0 atom stereocenters. The first-order chi connectivity index (χ1) is 16.4. The number of rotatable bonds is 5. The summed E-state index contributed by atoms with van der Waals surface area (Å²) >= 11 is 0. The summed E-state index contributed by atoms with van der Waals surface area (Å²) in [7, 11) is 3.06. The highest BCUT2D eigenvalue weighted by molar-refractivity contribution is 5.94. The van der Waals surface area contributed by atoms with E-state index in [1.165, 1.54) is 29.7 Å². The Bertz CT molecular complexity index is 1360. The number of amides is 2. The Morgan fingerprint density at radius 1 is 1.20 bits per heavy atom. The molecule has 0 saturated carbocycles. The zero-order valence-corrected chi connectivity index (χ0v) is 19.6. The second kappa shape index (κ2) is 9.20. The summed E-state index contributed by atoms with van der Waals surface area (Å²) in [5.74, 6) is -0.710. The van der Waals surface area contributed by atoms with Crippen LogP contribution < -0.4 is 5.63 Å². The van der Waals surface area contributed by atoms with Crippen LogP contribution >= 0.6 is 0 Å². The van der Waals surface area contributed by atoms with Crippen LogP contribution in [0.1, 0.15) is 39.3 Å². The van der Waals surface area contributed by atoms with Gasteiger partial charge in [-0.05, 0) is 24.1 Å². The molecule has 0 aliphatic carbocycles. The van der Waals surface area contributed by atoms with Gasteiger partial charge in [0.1, 0.15) is 5.58 Å². The lowest BCUT2D eigenvalue weighted by atomic mass is 10.0. The van der Waals surface area contributed by atoms with E-state index in [1.807, 2.05) is 13.0 Å². The molecule has 8 nitrogen and oxygen atoms in total. The summed E-state index contributed by atoms with van der Waals surface area (Å²) in [6.07, 6.45) is -5.21. The number of carbonyl (C=O) groups is 2. The van der Waals surface area contributed by atoms with Crippen molar-refractivity contribution in [1.29, 1.82) is 0 Å². The minimum absolute atomic E-state index is 0.0472. The maximum Gasteiger partial charge on any atom is 0.390 e. The molecule has 1 aliphatic rings. The molecule has 0 fully saturated rings. The van der Waals surface area contributed by atoms with Crippen molar-refractivity contribution < 1.29 is 27.2 Å². The Morgan fingerprint density at radius 3 is 2.63 bits per heavy atom. The number of fused-ring (bicyclic) bond motifs is 2. The lowest BCUT2D eigenvalue weighted by Crippen LogP contribution is -2.38. The van der Waals surface area contributed by atoms with E-state index in [4.69, 9.17) is 4.42 Å². The Balaban J connectivity index is 1.62. The van der Waals surface area contributed by atoms with Crippen LogP contribution in [0.25, 0.3) is 11.0 Å². The molecule has 0 bridgehead atoms. The molecule has 0 saturated heterocycles. The summed E-state index contributed by atoms with van der Waals surface area (Å²) in [4.78, 5) is 40.8. The first-order valence-corrected chi connectivity index (χ1v) is 11.1. The Morgan fingerprint density at radius 2 is 1.94 bits per heavy atom. The molecule has 0 unspecified atom stereocenters. The van der Waals surface area contributed by atoms with E-state index >= 15 is 0 Å². The molecule has 35 heavy (non-hydrogen) atoms. The molecule has 1 aliphatic heterocycles. The van der Waals surface area contributed by atoms with Gasteiger partial charge in [0, 0.05) is 62.9 Å². The predicted molar refractivity (Wildman–Crippen MR) is 121 cm³/mol. The van der Waals surface area contributed by atoms with Gasteiger partial charge in [0.05, 0.1) is 12.8 Å². The number of aryl methyl sites for hydroxylation is 2. The zero-order chi connectivity index (χ0) is 25.5. The standard InChI is InChI=1S/C24H25F3N4O4/c1-14-4-5-16-15(12-21(33)35-19(16)10-14)11-20(32)30-8-6-18-17(13-30)22(23(34)29(2)3)28-31(18)9-7-24(25,26)27/h4-5,10,12H,6-9,11,13H2,1-3H3. The minimum atomic E-state index is -4.36. The Labute approximate surface area is 198 Å². The molecule has 2 aromatic heterocycles. The molecular formula is C24H25F3N4O4. The van der Waals surface area contributed by atoms with E-state index in [0.29, 0.717) is 27.8 Å². The van der Waals surface area contributed by atoms with Crippen LogP contribution in [-0.4, -0.2) is 58.2 Å². The number of carbonyl (C=O) groups excluding carboxylic acids is 2. The quantitative estimate of drug-likeness (QED) is 0.513. The van der Waals surface area contributed by atoms with Gasteiger partial charge >= 0.3 is 11.8 Å². The van der Waals surface area contributed by atoms with E-state index in [-0.39, 0.29) is 37.5 Å². The summed E-state index contributed by atoms with van der Waals surface area (Å²) in [6.45, 7) is 1.78. The van der Waals surface area contributed by atoms with Gasteiger partial charge in [-0.15, -0.1) is 0 Å². The van der Waals surface area contributed by atoms with Gasteiger partial charge in [0.2, 0.25) is 5.91 Å². The normalized spacial score (nSPS) is 13.7. The van der Waals surface area contributed by atoms with Crippen molar-refractivity contribution in [2.45, 2.75) is 45.5 Å². The van der Waals surface area contributed by atoms with Gasteiger partial charge in [0.15, 0.2) is 5.69 Å². The van der Waals surface area contributed by atoms with Gasteiger partial charge in [-0.3, -0.25) is 14.3 Å². The van der Waals surface area contributed by atoms with E-state index in [9.17, 15) is 27.6 Å². The van der Waals surface area contributed by atoms with Crippen LogP contribution in [0, 0.1) is 6.92 Å². The highest BCUT2D eigenvalue weighted by Crippen LogP contribution is 2.27. The van der Waals surface area contributed by atoms with Crippen LogP contribution in [0.4, 0.5) is 13.2 Å². The topological polar surface area (TPSA) is 88.7 Å². The number of alkyl halides is 3. The highest BCUT2D eigenvalue weighted by Gasteiger charge is 2.33. The average Bonchev–Trinajstić information content (AvgIpc) is 3.14. The van der Waals surface area contributed by atoms with E-state index < -0.39 is 30.7 Å². The van der Waals surface area contributed by atoms with Crippen molar-refractivity contribution in [1.82, 2.24) is 19.6 Å². The third-order valence-corrected chi connectivity index (χ3v) is 6.03. The molecule has 11 heteroatoms. The third-order valence-electron chi connectivity index (χ3n) is 6.03. The van der Waals surface area contributed by atoms with Crippen molar-refractivity contribution in [2.75, 3.05) is 20.6 Å². The maximum absolute atomic E-state index is 13.2. The van der Waals surface area contributed by atoms with Crippen LogP contribution in [0.3, 0.4) is 0 Å². The van der Waals surface area contributed by atoms with E-state index in [0.717, 1.165) is 5.56 Å². The highest BCUT2D eigenvalue weighted by atomic mass is 19.4. The first-order valence-electron chi connectivity index (χ1n) is 11.1. The Hall–Kier alpha value is -3.63. The number of benzene rings is 1. The van der Waals surface area contributed by atoms with Crippen LogP contribution in [-0.2, 0) is 30.7 Å². The maximum atomic E-state index is 13.2. The number of nitrogens with zero attached hydrogens (tertiary/aromatic N) is 4. The number of aromatic nitrogens is 2. The molecule has 2 amide bonds. The fourth-order valence-electron chi connectivity index (χ4n) is 4.26. The van der Waals surface area contributed by atoms with Gasteiger partial charge in [-0.2, -0.15) is 18.3 Å². The number of hydrogen-bond acceptors (Lipinski definition) is 5. The molecule has 4 rings (SSSR count). The van der Waals surface area contributed by atoms with Gasteiger partial charge in [-0.1, -0.05) is 12.1 Å². The monoisotopic (exact) mass is 490 g/mol. The van der Waals surface area contributed by atoms with Crippen LogP contribution in [0.2, 0.25) is 0 Å². The lowest BCUT2D eigenvalue weighted by Gasteiger charge is -2.28. The molecule has 3 heterocycles. The van der Waals surface area contributed by atoms with Gasteiger partial charge in [-0.25, -0.2) is 4.79 Å². The van der Waals surface area contributed by atoms with Crippen LogP contribution in [0.5, 0.6) is 0 Å². The second-order valence-electron chi connectivity index (χ2n) is 8.89. The van der Waals surface area contributed by atoms with Gasteiger partial charge in [0.25, 0.3) is 5.91 Å². The summed E-state index contributed by atoms with van der Waals surface area (Å²) in [6, 6.07) is 6.68. The molecule has 0 spiro atoms. The van der Waals surface area contributed by atoms with E-state index in [2.05, 4.69) is 5.10 Å². The van der Waals surface area contributed by atoms with E-state index in [1.54, 1.807) is 17.0 Å². The zero-order valence-electron chi connectivity index (χ0n) is 19.6. The van der Waals surface area contributed by atoms with Crippen molar-refractivity contribution in [3.8, 4) is 0 Å². The van der Waals surface area contributed by atoms with Crippen molar-refractivity contribution in [3.63, 3.8) is 0 Å². The molecule has 3 aromatic rings. The summed E-state index contributed by atoms with van der Waals surface area (Å²) < 4.78 is 44.9. The number of halogens is 3. The third kappa shape index (κ3) is 5.23. The fraction of sp³-hybridized carbons (Fsp3) is 0.417. The van der Waals surface area contributed by atoms with Crippen LogP contribution in [0.15, 0.2) is 33.5 Å². The molecular weight excluding hydrogens is 465 g/mol. The molecule has 0 radical (unpaired) electrons. The summed E-state index contributed by atoms with van der Waals surface area (Å²) in [5.41, 5.74) is 2.31. The smallest absolute Gasteiger partial charge is 0.390 e. The molecule has 0 N–H and O–H groups in total.